The zero-order valence-electron chi connectivity index (χ0n) is 15.6. The Morgan fingerprint density at radius 3 is 2.68 bits per heavy atom. The highest BCUT2D eigenvalue weighted by molar-refractivity contribution is 7.99. The number of fused-ring (bicyclic) bond motifs is 1. The first-order valence-electron chi connectivity index (χ1n) is 9.85. The van der Waals surface area contributed by atoms with E-state index in [4.69, 9.17) is 4.74 Å². The van der Waals surface area contributed by atoms with Crippen LogP contribution in [-0.2, 0) is 22.3 Å². The predicted molar refractivity (Wildman–Crippen MR) is 101 cm³/mol. The van der Waals surface area contributed by atoms with Gasteiger partial charge in [0.05, 0.1) is 11.4 Å². The van der Waals surface area contributed by atoms with Crippen LogP contribution in [0.25, 0.3) is 0 Å². The summed E-state index contributed by atoms with van der Waals surface area (Å²) in [6.07, 6.45) is 0.291. The average molecular weight is 414 g/mol. The van der Waals surface area contributed by atoms with Crippen molar-refractivity contribution >= 4 is 17.7 Å². The Hall–Kier alpha value is -1.25. The van der Waals surface area contributed by atoms with E-state index in [1.54, 1.807) is 4.90 Å². The maximum absolute atomic E-state index is 13.0. The van der Waals surface area contributed by atoms with Gasteiger partial charge in [0.15, 0.2) is 0 Å². The summed E-state index contributed by atoms with van der Waals surface area (Å²) in [6, 6.07) is 4.64. The van der Waals surface area contributed by atoms with Crippen LogP contribution in [-0.4, -0.2) is 42.0 Å². The number of thioether (sulfide) groups is 1. The van der Waals surface area contributed by atoms with E-state index in [-0.39, 0.29) is 18.4 Å². The van der Waals surface area contributed by atoms with Crippen LogP contribution in [0.5, 0.6) is 0 Å². The van der Waals surface area contributed by atoms with Gasteiger partial charge >= 0.3 is 6.18 Å². The molecular formula is C20H25F3N2O2S. The number of alkyl halides is 3. The molecule has 0 spiro atoms. The molecule has 2 fully saturated rings. The number of carbonyl (C=O) groups is 1. The van der Waals surface area contributed by atoms with Crippen molar-refractivity contribution in [1.29, 1.82) is 0 Å². The van der Waals surface area contributed by atoms with Crippen molar-refractivity contribution in [3.8, 4) is 0 Å². The Bertz CT molecular complexity index is 722. The lowest BCUT2D eigenvalue weighted by Crippen LogP contribution is -2.41. The van der Waals surface area contributed by atoms with Crippen LogP contribution in [0.15, 0.2) is 23.1 Å². The van der Waals surface area contributed by atoms with Crippen molar-refractivity contribution in [2.45, 2.75) is 61.8 Å². The number of halogens is 3. The molecule has 0 aromatic heterocycles. The van der Waals surface area contributed by atoms with Crippen molar-refractivity contribution in [2.75, 3.05) is 19.1 Å². The molecule has 1 saturated heterocycles. The second-order valence-electron chi connectivity index (χ2n) is 7.89. The maximum atomic E-state index is 13.0. The van der Waals surface area contributed by atoms with Crippen molar-refractivity contribution in [3.63, 3.8) is 0 Å². The highest BCUT2D eigenvalue weighted by Gasteiger charge is 2.36. The third-order valence-electron chi connectivity index (χ3n) is 5.91. The standard InChI is InChI=1S/C20H25F3N2O2S/c21-20(22,23)15-2-4-18-14(9-15)11-25(12-28-18)19(26)13-1-3-17(10-13)24-16-5-7-27-8-6-16/h2,4,9,13,16-17,24H,1,3,5-8,10-12H2. The molecule has 4 nitrogen and oxygen atoms in total. The van der Waals surface area contributed by atoms with E-state index in [2.05, 4.69) is 5.32 Å². The van der Waals surface area contributed by atoms with Gasteiger partial charge in [0.25, 0.3) is 0 Å². The lowest BCUT2D eigenvalue weighted by molar-refractivity contribution is -0.137. The maximum Gasteiger partial charge on any atom is 0.416 e. The Balaban J connectivity index is 1.36. The van der Waals surface area contributed by atoms with E-state index in [9.17, 15) is 18.0 Å². The third kappa shape index (κ3) is 4.49. The molecule has 2 aliphatic heterocycles. The van der Waals surface area contributed by atoms with E-state index in [1.807, 2.05) is 0 Å². The summed E-state index contributed by atoms with van der Waals surface area (Å²) in [5.41, 5.74) is -0.0583. The minimum absolute atomic E-state index is 0.0368. The molecule has 4 rings (SSSR count). The summed E-state index contributed by atoms with van der Waals surface area (Å²) in [5.74, 6) is 0.545. The third-order valence-corrected chi connectivity index (χ3v) is 7.06. The van der Waals surface area contributed by atoms with Gasteiger partial charge in [-0.15, -0.1) is 11.8 Å². The van der Waals surface area contributed by atoms with Gasteiger partial charge in [-0.3, -0.25) is 4.79 Å². The molecule has 2 unspecified atom stereocenters. The second-order valence-corrected chi connectivity index (χ2v) is 8.88. The number of rotatable bonds is 3. The van der Waals surface area contributed by atoms with Crippen LogP contribution in [0.4, 0.5) is 13.2 Å². The van der Waals surface area contributed by atoms with Gasteiger partial charge in [-0.05, 0) is 55.9 Å². The fourth-order valence-corrected chi connectivity index (χ4v) is 5.36. The molecule has 2 atom stereocenters. The van der Waals surface area contributed by atoms with Crippen LogP contribution < -0.4 is 5.32 Å². The van der Waals surface area contributed by atoms with Crippen LogP contribution in [0.3, 0.4) is 0 Å². The number of benzene rings is 1. The molecule has 3 aliphatic rings. The molecule has 1 aliphatic carbocycles. The minimum Gasteiger partial charge on any atom is -0.381 e. The number of ether oxygens (including phenoxy) is 1. The summed E-state index contributed by atoms with van der Waals surface area (Å²) in [4.78, 5) is 15.5. The van der Waals surface area contributed by atoms with Crippen molar-refractivity contribution < 1.29 is 22.7 Å². The number of nitrogens with zero attached hydrogens (tertiary/aromatic N) is 1. The summed E-state index contributed by atoms with van der Waals surface area (Å²) in [5, 5.41) is 3.66. The molecule has 1 aromatic rings. The number of amides is 1. The van der Waals surface area contributed by atoms with E-state index in [0.717, 1.165) is 56.3 Å². The monoisotopic (exact) mass is 414 g/mol. The first kappa shape index (κ1) is 20.0. The van der Waals surface area contributed by atoms with Gasteiger partial charge in [0, 0.05) is 42.7 Å². The largest absolute Gasteiger partial charge is 0.416 e. The van der Waals surface area contributed by atoms with Gasteiger partial charge in [-0.25, -0.2) is 0 Å². The van der Waals surface area contributed by atoms with Gasteiger partial charge in [0.2, 0.25) is 5.91 Å². The van der Waals surface area contributed by atoms with Crippen LogP contribution in [0.1, 0.15) is 43.2 Å². The first-order valence-corrected chi connectivity index (χ1v) is 10.8. The lowest BCUT2D eigenvalue weighted by atomic mass is 10.0. The van der Waals surface area contributed by atoms with Crippen LogP contribution >= 0.6 is 11.8 Å². The number of carbonyl (C=O) groups excluding carboxylic acids is 1. The number of hydrogen-bond acceptors (Lipinski definition) is 4. The van der Waals surface area contributed by atoms with E-state index >= 15 is 0 Å². The molecule has 0 radical (unpaired) electrons. The quantitative estimate of drug-likeness (QED) is 0.811. The molecule has 1 aromatic carbocycles. The fraction of sp³-hybridized carbons (Fsp3) is 0.650. The van der Waals surface area contributed by atoms with Crippen LogP contribution in [0, 0.1) is 5.92 Å². The highest BCUT2D eigenvalue weighted by Crippen LogP contribution is 2.37. The molecule has 0 bridgehead atoms. The van der Waals surface area contributed by atoms with Crippen molar-refractivity contribution in [2.24, 2.45) is 5.92 Å². The van der Waals surface area contributed by atoms with E-state index in [1.165, 1.54) is 23.9 Å². The smallest absolute Gasteiger partial charge is 0.381 e. The number of hydrogen-bond donors (Lipinski definition) is 1. The zero-order valence-corrected chi connectivity index (χ0v) is 16.5. The van der Waals surface area contributed by atoms with Gasteiger partial charge in [0.1, 0.15) is 0 Å². The molecule has 2 heterocycles. The molecule has 8 heteroatoms. The summed E-state index contributed by atoms with van der Waals surface area (Å²) < 4.78 is 44.4. The average Bonchev–Trinajstić information content (AvgIpc) is 3.15. The highest BCUT2D eigenvalue weighted by atomic mass is 32.2. The fourth-order valence-electron chi connectivity index (χ4n) is 4.37. The number of nitrogens with one attached hydrogen (secondary N) is 1. The molecule has 1 amide bonds. The Morgan fingerprint density at radius 2 is 1.93 bits per heavy atom. The zero-order chi connectivity index (χ0) is 19.7. The Kier molecular flexibility index (Phi) is 5.90. The Morgan fingerprint density at radius 1 is 1.14 bits per heavy atom. The summed E-state index contributed by atoms with van der Waals surface area (Å²) in [6.45, 7) is 1.84. The molecule has 28 heavy (non-hydrogen) atoms. The normalized spacial score (nSPS) is 26.3. The molecule has 154 valence electrons. The summed E-state index contributed by atoms with van der Waals surface area (Å²) >= 11 is 1.44. The van der Waals surface area contributed by atoms with E-state index < -0.39 is 11.7 Å². The molecular weight excluding hydrogens is 389 g/mol. The molecule has 1 saturated carbocycles. The molecule has 1 N–H and O–H groups in total. The SMILES string of the molecule is O=C(C1CCC(NC2CCOCC2)C1)N1CSc2ccc(C(F)(F)F)cc2C1. The minimum atomic E-state index is -4.36. The van der Waals surface area contributed by atoms with Gasteiger partial charge in [-0.1, -0.05) is 0 Å². The first-order chi connectivity index (χ1) is 13.4. The van der Waals surface area contributed by atoms with Crippen LogP contribution in [0.2, 0.25) is 0 Å². The van der Waals surface area contributed by atoms with Crippen molar-refractivity contribution in [3.05, 3.63) is 29.3 Å². The second kappa shape index (κ2) is 8.24. The van der Waals surface area contributed by atoms with Gasteiger partial charge in [-0.2, -0.15) is 13.2 Å². The van der Waals surface area contributed by atoms with Gasteiger partial charge < -0.3 is 15.0 Å². The predicted octanol–water partition coefficient (Wildman–Crippen LogP) is 4.03. The van der Waals surface area contributed by atoms with E-state index in [0.29, 0.717) is 23.5 Å². The lowest BCUT2D eigenvalue weighted by Gasteiger charge is -2.31. The van der Waals surface area contributed by atoms with Crippen molar-refractivity contribution in [1.82, 2.24) is 10.2 Å². The summed E-state index contributed by atoms with van der Waals surface area (Å²) in [7, 11) is 0. The Labute approximate surface area is 167 Å². The topological polar surface area (TPSA) is 41.6 Å².